The van der Waals surface area contributed by atoms with Gasteiger partial charge in [0.2, 0.25) is 11.0 Å². The molecule has 0 radical (unpaired) electrons. The maximum atomic E-state index is 12.2. The van der Waals surface area contributed by atoms with E-state index in [4.69, 9.17) is 0 Å². The molecule has 0 bridgehead atoms. The lowest BCUT2D eigenvalue weighted by Crippen LogP contribution is -2.61. The van der Waals surface area contributed by atoms with Crippen LogP contribution in [0.4, 0.5) is 5.13 Å². The van der Waals surface area contributed by atoms with Crippen LogP contribution in [-0.4, -0.2) is 58.1 Å². The third-order valence-electron chi connectivity index (χ3n) is 3.69. The summed E-state index contributed by atoms with van der Waals surface area (Å²) in [4.78, 5) is 16.2. The van der Waals surface area contributed by atoms with Gasteiger partial charge in [-0.1, -0.05) is 18.3 Å². The molecule has 0 aliphatic carbocycles. The Hall–Kier alpha value is -1.21. The van der Waals surface area contributed by atoms with Crippen molar-refractivity contribution >= 4 is 22.4 Å². The van der Waals surface area contributed by atoms with E-state index in [1.54, 1.807) is 16.2 Å². The lowest BCUT2D eigenvalue weighted by molar-refractivity contribution is -0.147. The van der Waals surface area contributed by atoms with Gasteiger partial charge in [0.25, 0.3) is 0 Å². The first-order valence-corrected chi connectivity index (χ1v) is 7.83. The number of likely N-dealkylation sites (N-methyl/N-ethyl adjacent to an activating group) is 1. The molecule has 1 saturated heterocycles. The quantitative estimate of drug-likeness (QED) is 0.890. The molecule has 7 heteroatoms. The molecule has 112 valence electrons. The van der Waals surface area contributed by atoms with Crippen molar-refractivity contribution in [3.63, 3.8) is 0 Å². The zero-order chi connectivity index (χ0) is 14.8. The van der Waals surface area contributed by atoms with Gasteiger partial charge in [-0.25, -0.2) is 0 Å². The molecular weight excluding hydrogens is 274 g/mol. The zero-order valence-corrected chi connectivity index (χ0v) is 13.5. The standard InChI is InChI=1S/C13H23N5OS/c1-5-6-14-12-16-15-10(20-12)9-18-8-7-17(4)11(19)13(18,2)3/h5-9H2,1-4H3,(H,14,16). The second-order valence-electron chi connectivity index (χ2n) is 5.64. The Balaban J connectivity index is 2.02. The first kappa shape index (κ1) is 15.2. The average molecular weight is 297 g/mol. The van der Waals surface area contributed by atoms with Gasteiger partial charge in [0, 0.05) is 26.7 Å². The van der Waals surface area contributed by atoms with E-state index in [9.17, 15) is 4.79 Å². The molecule has 1 aromatic heterocycles. The fraction of sp³-hybridized carbons (Fsp3) is 0.769. The van der Waals surface area contributed by atoms with E-state index in [1.165, 1.54) is 0 Å². The van der Waals surface area contributed by atoms with Crippen molar-refractivity contribution in [2.45, 2.75) is 39.3 Å². The van der Waals surface area contributed by atoms with E-state index >= 15 is 0 Å². The molecule has 1 N–H and O–H groups in total. The lowest BCUT2D eigenvalue weighted by atomic mass is 9.98. The summed E-state index contributed by atoms with van der Waals surface area (Å²) in [5.41, 5.74) is -0.477. The van der Waals surface area contributed by atoms with Crippen molar-refractivity contribution in [2.75, 3.05) is 32.0 Å². The monoisotopic (exact) mass is 297 g/mol. The van der Waals surface area contributed by atoms with Crippen molar-refractivity contribution in [3.8, 4) is 0 Å². The van der Waals surface area contributed by atoms with Crippen LogP contribution in [0.25, 0.3) is 0 Å². The Bertz CT molecular complexity index is 473. The highest BCUT2D eigenvalue weighted by Crippen LogP contribution is 2.25. The van der Waals surface area contributed by atoms with Crippen LogP contribution in [0, 0.1) is 0 Å². The molecule has 0 atom stereocenters. The van der Waals surface area contributed by atoms with Crippen molar-refractivity contribution in [1.29, 1.82) is 0 Å². The smallest absolute Gasteiger partial charge is 0.242 e. The molecule has 2 heterocycles. The van der Waals surface area contributed by atoms with Crippen molar-refractivity contribution in [3.05, 3.63) is 5.01 Å². The predicted octanol–water partition coefficient (Wildman–Crippen LogP) is 1.41. The summed E-state index contributed by atoms with van der Waals surface area (Å²) in [5.74, 6) is 0.164. The van der Waals surface area contributed by atoms with E-state index in [-0.39, 0.29) is 5.91 Å². The van der Waals surface area contributed by atoms with Gasteiger partial charge in [-0.15, -0.1) is 10.2 Å². The summed E-state index contributed by atoms with van der Waals surface area (Å²) >= 11 is 1.57. The van der Waals surface area contributed by atoms with Gasteiger partial charge < -0.3 is 10.2 Å². The van der Waals surface area contributed by atoms with Gasteiger partial charge in [0.05, 0.1) is 12.1 Å². The van der Waals surface area contributed by atoms with E-state index < -0.39 is 5.54 Å². The molecule has 20 heavy (non-hydrogen) atoms. The minimum Gasteiger partial charge on any atom is -0.360 e. The fourth-order valence-corrected chi connectivity index (χ4v) is 3.10. The molecule has 1 aliphatic heterocycles. The number of aromatic nitrogens is 2. The number of anilines is 1. The van der Waals surface area contributed by atoms with Crippen LogP contribution in [0.3, 0.4) is 0 Å². The number of carbonyl (C=O) groups excluding carboxylic acids is 1. The van der Waals surface area contributed by atoms with Crippen LogP contribution in [0.1, 0.15) is 32.2 Å². The Labute approximate surface area is 124 Å². The van der Waals surface area contributed by atoms with Crippen LogP contribution >= 0.6 is 11.3 Å². The number of amides is 1. The van der Waals surface area contributed by atoms with Gasteiger partial charge in [0.1, 0.15) is 5.01 Å². The number of nitrogens with one attached hydrogen (secondary N) is 1. The Morgan fingerprint density at radius 1 is 1.35 bits per heavy atom. The summed E-state index contributed by atoms with van der Waals surface area (Å²) < 4.78 is 0. The van der Waals surface area contributed by atoms with Crippen LogP contribution < -0.4 is 5.32 Å². The highest BCUT2D eigenvalue weighted by atomic mass is 32.1. The van der Waals surface area contributed by atoms with E-state index in [0.29, 0.717) is 6.54 Å². The van der Waals surface area contributed by atoms with Crippen LogP contribution in [0.15, 0.2) is 0 Å². The fourth-order valence-electron chi connectivity index (χ4n) is 2.31. The molecule has 1 fully saturated rings. The van der Waals surface area contributed by atoms with E-state index in [0.717, 1.165) is 36.2 Å². The summed E-state index contributed by atoms with van der Waals surface area (Å²) in [5, 5.41) is 13.4. The Morgan fingerprint density at radius 2 is 2.10 bits per heavy atom. The highest BCUT2D eigenvalue weighted by Gasteiger charge is 2.40. The average Bonchev–Trinajstić information content (AvgIpc) is 2.85. The summed E-state index contributed by atoms with van der Waals surface area (Å²) in [6, 6.07) is 0. The number of nitrogens with zero attached hydrogens (tertiary/aromatic N) is 4. The predicted molar refractivity (Wildman–Crippen MR) is 80.8 cm³/mol. The SMILES string of the molecule is CCCNc1nnc(CN2CCN(C)C(=O)C2(C)C)s1. The van der Waals surface area contributed by atoms with E-state index in [2.05, 4.69) is 27.3 Å². The third kappa shape index (κ3) is 3.09. The number of piperazine rings is 1. The first-order chi connectivity index (χ1) is 9.45. The molecule has 0 spiro atoms. The lowest BCUT2D eigenvalue weighted by Gasteiger charge is -2.44. The number of hydrogen-bond donors (Lipinski definition) is 1. The second-order valence-corrected chi connectivity index (χ2v) is 6.70. The number of carbonyl (C=O) groups is 1. The van der Waals surface area contributed by atoms with Crippen molar-refractivity contribution < 1.29 is 4.79 Å². The Morgan fingerprint density at radius 3 is 2.80 bits per heavy atom. The molecule has 0 aromatic carbocycles. The van der Waals surface area contributed by atoms with Crippen LogP contribution in [0.5, 0.6) is 0 Å². The van der Waals surface area contributed by atoms with Gasteiger partial charge in [-0.3, -0.25) is 9.69 Å². The normalized spacial score (nSPS) is 19.4. The van der Waals surface area contributed by atoms with Gasteiger partial charge >= 0.3 is 0 Å². The minimum absolute atomic E-state index is 0.164. The molecule has 1 aliphatic rings. The first-order valence-electron chi connectivity index (χ1n) is 7.02. The van der Waals surface area contributed by atoms with Crippen molar-refractivity contribution in [2.24, 2.45) is 0 Å². The van der Waals surface area contributed by atoms with Crippen molar-refractivity contribution in [1.82, 2.24) is 20.0 Å². The maximum absolute atomic E-state index is 12.2. The molecule has 0 unspecified atom stereocenters. The third-order valence-corrected chi connectivity index (χ3v) is 4.55. The molecule has 1 aromatic rings. The topological polar surface area (TPSA) is 61.4 Å². The van der Waals surface area contributed by atoms with Gasteiger partial charge in [-0.05, 0) is 20.3 Å². The zero-order valence-electron chi connectivity index (χ0n) is 12.6. The second kappa shape index (κ2) is 6.05. The molecule has 0 saturated carbocycles. The van der Waals surface area contributed by atoms with Crippen LogP contribution in [-0.2, 0) is 11.3 Å². The largest absolute Gasteiger partial charge is 0.360 e. The highest BCUT2D eigenvalue weighted by molar-refractivity contribution is 7.15. The minimum atomic E-state index is -0.477. The molecular formula is C13H23N5OS. The molecule has 2 rings (SSSR count). The number of hydrogen-bond acceptors (Lipinski definition) is 6. The molecule has 1 amide bonds. The van der Waals surface area contributed by atoms with Gasteiger partial charge in [-0.2, -0.15) is 0 Å². The van der Waals surface area contributed by atoms with E-state index in [1.807, 2.05) is 20.9 Å². The van der Waals surface area contributed by atoms with Crippen LogP contribution in [0.2, 0.25) is 0 Å². The van der Waals surface area contributed by atoms with Gasteiger partial charge in [0.15, 0.2) is 0 Å². The summed E-state index contributed by atoms with van der Waals surface area (Å²) in [6.45, 7) is 9.29. The maximum Gasteiger partial charge on any atom is 0.242 e. The Kier molecular flexibility index (Phi) is 4.59. The molecule has 6 nitrogen and oxygen atoms in total. The summed E-state index contributed by atoms with van der Waals surface area (Å²) in [6.07, 6.45) is 1.06. The summed E-state index contributed by atoms with van der Waals surface area (Å²) in [7, 11) is 1.86. The number of rotatable bonds is 5.